The lowest BCUT2D eigenvalue weighted by Gasteiger charge is -2.18. The highest BCUT2D eigenvalue weighted by molar-refractivity contribution is 5.71. The molecule has 0 N–H and O–H groups in total. The van der Waals surface area contributed by atoms with Crippen molar-refractivity contribution < 1.29 is 28.6 Å². The highest BCUT2D eigenvalue weighted by Gasteiger charge is 2.19. The Bertz CT molecular complexity index is 887. The Morgan fingerprint density at radius 1 is 0.322 bits per heavy atom. The molecule has 0 amide bonds. The SMILES string of the molecule is CCCCCCCCCCCCCCCCCCCCC(=O)OC[C@@H](COC(=O)CCCCCCCCC(C)C)OC(=O)CCCCCCCCCCCCCCCC. The molecule has 0 spiro atoms. The molecule has 350 valence electrons. The van der Waals surface area contributed by atoms with Crippen molar-refractivity contribution in [2.75, 3.05) is 13.2 Å². The maximum absolute atomic E-state index is 12.8. The Kier molecular flexibility index (Phi) is 46.2. The second-order valence-electron chi connectivity index (χ2n) is 18.6. The molecule has 0 aliphatic heterocycles. The highest BCUT2D eigenvalue weighted by atomic mass is 16.6. The third kappa shape index (κ3) is 47.3. The monoisotopic (exact) mass is 835 g/mol. The first-order chi connectivity index (χ1) is 28.9. The quantitative estimate of drug-likeness (QED) is 0.0345. The third-order valence-corrected chi connectivity index (χ3v) is 12.0. The lowest BCUT2D eigenvalue weighted by Crippen LogP contribution is -2.30. The molecule has 0 aromatic rings. The summed E-state index contributed by atoms with van der Waals surface area (Å²) >= 11 is 0. The van der Waals surface area contributed by atoms with Crippen molar-refractivity contribution in [2.45, 2.75) is 303 Å². The summed E-state index contributed by atoms with van der Waals surface area (Å²) in [5.74, 6) is -0.0851. The Hall–Kier alpha value is -1.59. The first-order valence-corrected chi connectivity index (χ1v) is 26.4. The molecule has 0 saturated carbocycles. The summed E-state index contributed by atoms with van der Waals surface area (Å²) < 4.78 is 16.8. The van der Waals surface area contributed by atoms with Gasteiger partial charge in [0.05, 0.1) is 0 Å². The molecule has 59 heavy (non-hydrogen) atoms. The van der Waals surface area contributed by atoms with Crippen molar-refractivity contribution in [1.82, 2.24) is 0 Å². The predicted molar refractivity (Wildman–Crippen MR) is 252 cm³/mol. The number of rotatable bonds is 48. The van der Waals surface area contributed by atoms with E-state index < -0.39 is 6.10 Å². The lowest BCUT2D eigenvalue weighted by atomic mass is 10.0. The Labute approximate surface area is 368 Å². The molecule has 0 heterocycles. The molecular weight excluding hydrogens is 733 g/mol. The summed E-state index contributed by atoms with van der Waals surface area (Å²) in [5.41, 5.74) is 0. The second-order valence-corrected chi connectivity index (χ2v) is 18.6. The minimum absolute atomic E-state index is 0.0635. The smallest absolute Gasteiger partial charge is 0.306 e. The van der Waals surface area contributed by atoms with Gasteiger partial charge in [-0.15, -0.1) is 0 Å². The van der Waals surface area contributed by atoms with Gasteiger partial charge in [0.1, 0.15) is 13.2 Å². The van der Waals surface area contributed by atoms with Crippen LogP contribution >= 0.6 is 0 Å². The molecule has 6 nitrogen and oxygen atoms in total. The van der Waals surface area contributed by atoms with Crippen molar-refractivity contribution in [3.63, 3.8) is 0 Å². The third-order valence-electron chi connectivity index (χ3n) is 12.0. The van der Waals surface area contributed by atoms with Gasteiger partial charge in [-0.3, -0.25) is 14.4 Å². The molecule has 0 fully saturated rings. The van der Waals surface area contributed by atoms with Crippen LogP contribution in [0.4, 0.5) is 0 Å². The normalized spacial score (nSPS) is 11.9. The topological polar surface area (TPSA) is 78.9 Å². The molecule has 6 heteroatoms. The van der Waals surface area contributed by atoms with Crippen LogP contribution in [0.5, 0.6) is 0 Å². The molecular formula is C53H102O6. The molecule has 0 radical (unpaired) electrons. The van der Waals surface area contributed by atoms with E-state index in [0.717, 1.165) is 63.7 Å². The van der Waals surface area contributed by atoms with Gasteiger partial charge < -0.3 is 14.2 Å². The average molecular weight is 835 g/mol. The number of unbranched alkanes of at least 4 members (excludes halogenated alkanes) is 35. The highest BCUT2D eigenvalue weighted by Crippen LogP contribution is 2.17. The molecule has 0 saturated heterocycles. The molecule has 0 bridgehead atoms. The van der Waals surface area contributed by atoms with E-state index in [1.807, 2.05) is 0 Å². The van der Waals surface area contributed by atoms with Crippen LogP contribution < -0.4 is 0 Å². The minimum atomic E-state index is -0.761. The van der Waals surface area contributed by atoms with Gasteiger partial charge in [0, 0.05) is 19.3 Å². The summed E-state index contributed by atoms with van der Waals surface area (Å²) in [6.07, 6.45) is 49.6. The largest absolute Gasteiger partial charge is 0.462 e. The van der Waals surface area contributed by atoms with Crippen molar-refractivity contribution in [3.8, 4) is 0 Å². The fraction of sp³-hybridized carbons (Fsp3) is 0.943. The van der Waals surface area contributed by atoms with Crippen molar-refractivity contribution >= 4 is 17.9 Å². The van der Waals surface area contributed by atoms with E-state index in [2.05, 4.69) is 27.7 Å². The summed E-state index contributed by atoms with van der Waals surface area (Å²) in [6, 6.07) is 0. The van der Waals surface area contributed by atoms with Crippen LogP contribution in [-0.2, 0) is 28.6 Å². The van der Waals surface area contributed by atoms with Crippen LogP contribution in [0.1, 0.15) is 297 Å². The van der Waals surface area contributed by atoms with Gasteiger partial charge in [-0.25, -0.2) is 0 Å². The second kappa shape index (κ2) is 47.5. The predicted octanol–water partition coefficient (Wildman–Crippen LogP) is 17.1. The van der Waals surface area contributed by atoms with Gasteiger partial charge in [-0.2, -0.15) is 0 Å². The van der Waals surface area contributed by atoms with Crippen LogP contribution in [0.2, 0.25) is 0 Å². The number of hydrogen-bond donors (Lipinski definition) is 0. The minimum Gasteiger partial charge on any atom is -0.462 e. The van der Waals surface area contributed by atoms with Crippen LogP contribution in [0, 0.1) is 5.92 Å². The molecule has 0 aliphatic rings. The number of ether oxygens (including phenoxy) is 3. The average Bonchev–Trinajstić information content (AvgIpc) is 3.22. The fourth-order valence-electron chi connectivity index (χ4n) is 8.04. The van der Waals surface area contributed by atoms with Gasteiger partial charge in [-0.05, 0) is 25.2 Å². The Balaban J connectivity index is 4.23. The van der Waals surface area contributed by atoms with E-state index in [1.165, 1.54) is 193 Å². The van der Waals surface area contributed by atoms with Crippen LogP contribution in [0.3, 0.4) is 0 Å². The Morgan fingerprint density at radius 3 is 0.831 bits per heavy atom. The molecule has 0 unspecified atom stereocenters. The van der Waals surface area contributed by atoms with E-state index in [4.69, 9.17) is 14.2 Å². The van der Waals surface area contributed by atoms with Gasteiger partial charge >= 0.3 is 17.9 Å². The van der Waals surface area contributed by atoms with Crippen LogP contribution in [-0.4, -0.2) is 37.2 Å². The van der Waals surface area contributed by atoms with Crippen molar-refractivity contribution in [2.24, 2.45) is 5.92 Å². The Morgan fingerprint density at radius 2 is 0.559 bits per heavy atom. The van der Waals surface area contributed by atoms with Crippen LogP contribution in [0.15, 0.2) is 0 Å². The molecule has 0 rings (SSSR count). The van der Waals surface area contributed by atoms with E-state index in [9.17, 15) is 14.4 Å². The van der Waals surface area contributed by atoms with Gasteiger partial charge in [0.15, 0.2) is 6.10 Å². The number of carbonyl (C=O) groups excluding carboxylic acids is 3. The number of esters is 3. The summed E-state index contributed by atoms with van der Waals surface area (Å²) in [6.45, 7) is 8.96. The summed E-state index contributed by atoms with van der Waals surface area (Å²) in [7, 11) is 0. The molecule has 1 atom stereocenters. The maximum atomic E-state index is 12.8. The molecule has 0 aliphatic carbocycles. The maximum Gasteiger partial charge on any atom is 0.306 e. The van der Waals surface area contributed by atoms with E-state index in [-0.39, 0.29) is 31.1 Å². The number of carbonyl (C=O) groups is 3. The van der Waals surface area contributed by atoms with Gasteiger partial charge in [0.25, 0.3) is 0 Å². The molecule has 0 aromatic carbocycles. The lowest BCUT2D eigenvalue weighted by molar-refractivity contribution is -0.167. The number of hydrogen-bond acceptors (Lipinski definition) is 6. The first kappa shape index (κ1) is 57.4. The fourth-order valence-corrected chi connectivity index (χ4v) is 8.04. The first-order valence-electron chi connectivity index (χ1n) is 26.4. The molecule has 0 aromatic heterocycles. The standard InChI is InChI=1S/C53H102O6/c1-5-7-9-11-13-15-17-19-21-22-23-24-26-27-29-31-36-40-44-51(54)57-47-50(48-58-52(55)45-41-37-34-33-35-39-43-49(3)4)59-53(56)46-42-38-32-30-28-25-20-18-16-14-12-10-8-6-2/h49-50H,5-48H2,1-4H3/t50-/m0/s1. The van der Waals surface area contributed by atoms with Gasteiger partial charge in [0.2, 0.25) is 0 Å². The summed E-state index contributed by atoms with van der Waals surface area (Å²) in [5, 5.41) is 0. The van der Waals surface area contributed by atoms with Crippen molar-refractivity contribution in [3.05, 3.63) is 0 Å². The summed E-state index contributed by atoms with van der Waals surface area (Å²) in [4.78, 5) is 37.9. The zero-order valence-electron chi connectivity index (χ0n) is 40.2. The van der Waals surface area contributed by atoms with E-state index in [1.54, 1.807) is 0 Å². The van der Waals surface area contributed by atoms with Gasteiger partial charge in [-0.1, -0.05) is 259 Å². The zero-order valence-corrected chi connectivity index (χ0v) is 40.2. The zero-order chi connectivity index (χ0) is 43.1. The van der Waals surface area contributed by atoms with E-state index in [0.29, 0.717) is 19.3 Å². The van der Waals surface area contributed by atoms with E-state index >= 15 is 0 Å². The van der Waals surface area contributed by atoms with Crippen molar-refractivity contribution in [1.29, 1.82) is 0 Å². The van der Waals surface area contributed by atoms with Crippen LogP contribution in [0.25, 0.3) is 0 Å².